The van der Waals surface area contributed by atoms with Crippen molar-refractivity contribution in [2.45, 2.75) is 6.54 Å². The molecular weight excluding hydrogens is 208 g/mol. The molecule has 0 atom stereocenters. The summed E-state index contributed by atoms with van der Waals surface area (Å²) in [4.78, 5) is 23.7. The van der Waals surface area contributed by atoms with Crippen molar-refractivity contribution in [1.82, 2.24) is 10.2 Å². The quantitative estimate of drug-likeness (QED) is 0.764. The van der Waals surface area contributed by atoms with E-state index in [-0.39, 0.29) is 18.5 Å². The van der Waals surface area contributed by atoms with E-state index in [1.807, 2.05) is 24.3 Å². The summed E-state index contributed by atoms with van der Waals surface area (Å²) in [5, 5.41) is 2.23. The Bertz CT molecular complexity index is 431. The van der Waals surface area contributed by atoms with E-state index in [4.69, 9.17) is 4.74 Å². The molecular formula is C11H12N2O3. The minimum Gasteiger partial charge on any atom is -0.497 e. The number of amides is 3. The highest BCUT2D eigenvalue weighted by atomic mass is 16.5. The Morgan fingerprint density at radius 1 is 1.44 bits per heavy atom. The molecule has 1 heterocycles. The van der Waals surface area contributed by atoms with Gasteiger partial charge in [0.15, 0.2) is 0 Å². The first-order valence-electron chi connectivity index (χ1n) is 4.91. The van der Waals surface area contributed by atoms with Crippen LogP contribution in [0.5, 0.6) is 5.75 Å². The zero-order valence-electron chi connectivity index (χ0n) is 8.90. The molecule has 1 saturated heterocycles. The summed E-state index contributed by atoms with van der Waals surface area (Å²) < 4.78 is 5.08. The first-order chi connectivity index (χ1) is 7.69. The minimum absolute atomic E-state index is 0.121. The molecule has 1 aromatic rings. The Balaban J connectivity index is 2.09. The fourth-order valence-electron chi connectivity index (χ4n) is 1.60. The summed E-state index contributed by atoms with van der Waals surface area (Å²) in [6.07, 6.45) is 0. The minimum atomic E-state index is -0.340. The van der Waals surface area contributed by atoms with Gasteiger partial charge in [0.2, 0.25) is 5.91 Å². The molecule has 0 saturated carbocycles. The normalized spacial score (nSPS) is 15.2. The molecule has 1 aliphatic rings. The summed E-state index contributed by atoms with van der Waals surface area (Å²) in [6.45, 7) is 0.533. The number of imide groups is 1. The van der Waals surface area contributed by atoms with E-state index in [9.17, 15) is 9.59 Å². The molecule has 1 N–H and O–H groups in total. The largest absolute Gasteiger partial charge is 0.497 e. The van der Waals surface area contributed by atoms with Crippen molar-refractivity contribution in [2.75, 3.05) is 13.7 Å². The number of hydrogen-bond donors (Lipinski definition) is 1. The van der Waals surface area contributed by atoms with Gasteiger partial charge in [-0.25, -0.2) is 4.79 Å². The molecule has 0 aromatic heterocycles. The fraction of sp³-hybridized carbons (Fsp3) is 0.273. The molecule has 0 unspecified atom stereocenters. The van der Waals surface area contributed by atoms with Gasteiger partial charge in [-0.2, -0.15) is 0 Å². The second kappa shape index (κ2) is 4.22. The van der Waals surface area contributed by atoms with Gasteiger partial charge < -0.3 is 9.64 Å². The van der Waals surface area contributed by atoms with Crippen LogP contribution in [0, 0.1) is 0 Å². The Labute approximate surface area is 93.0 Å². The molecule has 0 aliphatic carbocycles. The second-order valence-corrected chi connectivity index (χ2v) is 3.56. The van der Waals surface area contributed by atoms with Crippen LogP contribution in [-0.4, -0.2) is 30.5 Å². The number of methoxy groups -OCH3 is 1. The highest BCUT2D eigenvalue weighted by Gasteiger charge is 2.26. The number of rotatable bonds is 3. The molecule has 3 amide bonds. The highest BCUT2D eigenvalue weighted by Crippen LogP contribution is 2.15. The number of carbonyl (C=O) groups excluding carboxylic acids is 2. The van der Waals surface area contributed by atoms with Crippen LogP contribution in [0.1, 0.15) is 5.56 Å². The molecule has 0 bridgehead atoms. The summed E-state index contributed by atoms with van der Waals surface area (Å²) in [5.41, 5.74) is 0.934. The van der Waals surface area contributed by atoms with Crippen LogP contribution < -0.4 is 10.1 Å². The third-order valence-electron chi connectivity index (χ3n) is 2.38. The van der Waals surface area contributed by atoms with Gasteiger partial charge in [-0.15, -0.1) is 0 Å². The van der Waals surface area contributed by atoms with Gasteiger partial charge >= 0.3 is 6.03 Å². The van der Waals surface area contributed by atoms with Crippen molar-refractivity contribution in [3.05, 3.63) is 29.8 Å². The molecule has 5 heteroatoms. The van der Waals surface area contributed by atoms with Gasteiger partial charge in [-0.05, 0) is 17.7 Å². The third kappa shape index (κ3) is 2.13. The van der Waals surface area contributed by atoms with Gasteiger partial charge in [0.25, 0.3) is 0 Å². The molecule has 0 radical (unpaired) electrons. The summed E-state index contributed by atoms with van der Waals surface area (Å²) in [5.74, 6) is 0.483. The summed E-state index contributed by atoms with van der Waals surface area (Å²) in [7, 11) is 1.59. The average Bonchev–Trinajstić information content (AvgIpc) is 2.58. The van der Waals surface area contributed by atoms with E-state index in [1.165, 1.54) is 4.90 Å². The molecule has 5 nitrogen and oxygen atoms in total. The maximum Gasteiger partial charge on any atom is 0.324 e. The van der Waals surface area contributed by atoms with Gasteiger partial charge in [-0.1, -0.05) is 12.1 Å². The number of nitrogens with one attached hydrogen (secondary N) is 1. The predicted molar refractivity (Wildman–Crippen MR) is 56.9 cm³/mol. The van der Waals surface area contributed by atoms with Crippen LogP contribution in [0.2, 0.25) is 0 Å². The zero-order chi connectivity index (χ0) is 11.5. The summed E-state index contributed by atoms with van der Waals surface area (Å²) >= 11 is 0. The van der Waals surface area contributed by atoms with E-state index in [0.29, 0.717) is 6.54 Å². The zero-order valence-corrected chi connectivity index (χ0v) is 8.90. The van der Waals surface area contributed by atoms with Crippen molar-refractivity contribution in [1.29, 1.82) is 0 Å². The molecule has 16 heavy (non-hydrogen) atoms. The Hall–Kier alpha value is -2.04. The fourth-order valence-corrected chi connectivity index (χ4v) is 1.60. The standard InChI is InChI=1S/C11H12N2O3/c1-16-9-4-2-3-8(5-9)6-13-7-10(14)12-11(13)15/h2-5H,6-7H2,1H3,(H,12,14,15). The first-order valence-corrected chi connectivity index (χ1v) is 4.91. The van der Waals surface area contributed by atoms with Gasteiger partial charge in [0.05, 0.1) is 7.11 Å². The molecule has 2 rings (SSSR count). The van der Waals surface area contributed by atoms with Crippen LogP contribution >= 0.6 is 0 Å². The van der Waals surface area contributed by atoms with E-state index in [0.717, 1.165) is 11.3 Å². The summed E-state index contributed by atoms with van der Waals surface area (Å²) in [6, 6.07) is 7.07. The van der Waals surface area contributed by atoms with Crippen LogP contribution in [0.15, 0.2) is 24.3 Å². The molecule has 1 aliphatic heterocycles. The van der Waals surface area contributed by atoms with Crippen LogP contribution in [0.3, 0.4) is 0 Å². The number of hydrogen-bond acceptors (Lipinski definition) is 3. The lowest BCUT2D eigenvalue weighted by molar-refractivity contribution is -0.118. The van der Waals surface area contributed by atoms with Crippen molar-refractivity contribution in [3.63, 3.8) is 0 Å². The smallest absolute Gasteiger partial charge is 0.324 e. The van der Waals surface area contributed by atoms with E-state index in [2.05, 4.69) is 5.32 Å². The Kier molecular flexibility index (Phi) is 2.76. The van der Waals surface area contributed by atoms with Crippen molar-refractivity contribution < 1.29 is 14.3 Å². The van der Waals surface area contributed by atoms with Crippen molar-refractivity contribution in [3.8, 4) is 5.75 Å². The predicted octanol–water partition coefficient (Wildman–Crippen LogP) is 0.747. The lowest BCUT2D eigenvalue weighted by atomic mass is 10.2. The molecule has 0 spiro atoms. The Morgan fingerprint density at radius 2 is 2.25 bits per heavy atom. The van der Waals surface area contributed by atoms with Crippen LogP contribution in [-0.2, 0) is 11.3 Å². The third-order valence-corrected chi connectivity index (χ3v) is 2.38. The maximum absolute atomic E-state index is 11.3. The lowest BCUT2D eigenvalue weighted by Crippen LogP contribution is -2.27. The number of urea groups is 1. The van der Waals surface area contributed by atoms with Crippen molar-refractivity contribution in [2.24, 2.45) is 0 Å². The topological polar surface area (TPSA) is 58.6 Å². The number of carbonyl (C=O) groups is 2. The molecule has 1 fully saturated rings. The Morgan fingerprint density at radius 3 is 2.88 bits per heavy atom. The monoisotopic (exact) mass is 220 g/mol. The number of ether oxygens (including phenoxy) is 1. The molecule has 1 aromatic carbocycles. The first kappa shape index (κ1) is 10.5. The van der Waals surface area contributed by atoms with Crippen LogP contribution in [0.25, 0.3) is 0 Å². The number of nitrogens with zero attached hydrogens (tertiary/aromatic N) is 1. The van der Waals surface area contributed by atoms with E-state index >= 15 is 0 Å². The van der Waals surface area contributed by atoms with Gasteiger partial charge in [0, 0.05) is 6.54 Å². The maximum atomic E-state index is 11.3. The SMILES string of the molecule is COc1cccc(CN2CC(=O)NC2=O)c1. The van der Waals surface area contributed by atoms with Crippen molar-refractivity contribution >= 4 is 11.9 Å². The molecule has 84 valence electrons. The lowest BCUT2D eigenvalue weighted by Gasteiger charge is -2.13. The van der Waals surface area contributed by atoms with Crippen LogP contribution in [0.4, 0.5) is 4.79 Å². The van der Waals surface area contributed by atoms with Gasteiger partial charge in [-0.3, -0.25) is 10.1 Å². The highest BCUT2D eigenvalue weighted by molar-refractivity contribution is 6.01. The van der Waals surface area contributed by atoms with E-state index < -0.39 is 0 Å². The number of benzene rings is 1. The van der Waals surface area contributed by atoms with E-state index in [1.54, 1.807) is 7.11 Å². The average molecular weight is 220 g/mol. The second-order valence-electron chi connectivity index (χ2n) is 3.56. The van der Waals surface area contributed by atoms with Gasteiger partial charge in [0.1, 0.15) is 12.3 Å².